The molecule has 2 aromatic rings. The molecule has 0 saturated heterocycles. The number of hydrogen-bond acceptors (Lipinski definition) is 3. The van der Waals surface area contributed by atoms with Gasteiger partial charge in [-0.15, -0.1) is 0 Å². The Labute approximate surface area is 120 Å². The number of hydrogen-bond donors (Lipinski definition) is 2. The zero-order chi connectivity index (χ0) is 15.4. The predicted octanol–water partition coefficient (Wildman–Crippen LogP) is 0.653. The Hall–Kier alpha value is -2.57. The lowest BCUT2D eigenvalue weighted by Gasteiger charge is -2.16. The number of carbonyl (C=O) groups is 2. The van der Waals surface area contributed by atoms with Gasteiger partial charge in [-0.2, -0.15) is 0 Å². The summed E-state index contributed by atoms with van der Waals surface area (Å²) >= 11 is 0. The molecular formula is C14H17N3O4. The topological polar surface area (TPSA) is 95.4 Å². The maximum absolute atomic E-state index is 12.1. The van der Waals surface area contributed by atoms with Crippen molar-refractivity contribution in [2.75, 3.05) is 13.6 Å². The van der Waals surface area contributed by atoms with Crippen molar-refractivity contribution in [2.24, 2.45) is 0 Å². The lowest BCUT2D eigenvalue weighted by molar-refractivity contribution is -0.138. The highest BCUT2D eigenvalue weighted by molar-refractivity contribution is 5.80. The van der Waals surface area contributed by atoms with Crippen molar-refractivity contribution < 1.29 is 14.7 Å². The SMILES string of the molecule is CN(CCCC(=O)O)C(=O)Cn1c(=O)[nH]c2ccccc21. The van der Waals surface area contributed by atoms with Gasteiger partial charge in [0.1, 0.15) is 6.54 Å². The molecule has 1 heterocycles. The number of rotatable bonds is 6. The lowest BCUT2D eigenvalue weighted by Crippen LogP contribution is -2.34. The van der Waals surface area contributed by atoms with Crippen LogP contribution in [0.1, 0.15) is 12.8 Å². The van der Waals surface area contributed by atoms with Crippen LogP contribution in [-0.4, -0.2) is 45.0 Å². The molecule has 2 rings (SSSR count). The van der Waals surface area contributed by atoms with Crippen molar-refractivity contribution in [3.8, 4) is 0 Å². The molecule has 7 nitrogen and oxygen atoms in total. The fraction of sp³-hybridized carbons (Fsp3) is 0.357. The van der Waals surface area contributed by atoms with E-state index < -0.39 is 5.97 Å². The van der Waals surface area contributed by atoms with Crippen LogP contribution in [0, 0.1) is 0 Å². The second-order valence-corrected chi connectivity index (χ2v) is 4.85. The minimum atomic E-state index is -0.885. The van der Waals surface area contributed by atoms with Crippen LogP contribution in [0.2, 0.25) is 0 Å². The van der Waals surface area contributed by atoms with E-state index in [9.17, 15) is 14.4 Å². The van der Waals surface area contributed by atoms with Gasteiger partial charge in [-0.1, -0.05) is 12.1 Å². The first-order valence-corrected chi connectivity index (χ1v) is 6.62. The minimum Gasteiger partial charge on any atom is -0.481 e. The summed E-state index contributed by atoms with van der Waals surface area (Å²) in [6.45, 7) is 0.286. The average Bonchev–Trinajstić information content (AvgIpc) is 2.74. The number of amides is 1. The highest BCUT2D eigenvalue weighted by atomic mass is 16.4. The molecule has 112 valence electrons. The Balaban J connectivity index is 2.06. The van der Waals surface area contributed by atoms with E-state index >= 15 is 0 Å². The Morgan fingerprint density at radius 1 is 1.33 bits per heavy atom. The molecule has 0 bridgehead atoms. The van der Waals surface area contributed by atoms with Gasteiger partial charge in [-0.25, -0.2) is 4.79 Å². The predicted molar refractivity (Wildman–Crippen MR) is 77.1 cm³/mol. The molecule has 0 saturated carbocycles. The van der Waals surface area contributed by atoms with Crippen molar-refractivity contribution in [2.45, 2.75) is 19.4 Å². The van der Waals surface area contributed by atoms with Gasteiger partial charge in [0, 0.05) is 20.0 Å². The second-order valence-electron chi connectivity index (χ2n) is 4.85. The van der Waals surface area contributed by atoms with Crippen molar-refractivity contribution >= 4 is 22.9 Å². The van der Waals surface area contributed by atoms with E-state index in [0.29, 0.717) is 24.0 Å². The van der Waals surface area contributed by atoms with Crippen molar-refractivity contribution in [1.29, 1.82) is 0 Å². The van der Waals surface area contributed by atoms with Gasteiger partial charge in [0.05, 0.1) is 11.0 Å². The molecule has 21 heavy (non-hydrogen) atoms. The first kappa shape index (κ1) is 14.8. The van der Waals surface area contributed by atoms with E-state index in [-0.39, 0.29) is 24.6 Å². The molecule has 0 aliphatic rings. The van der Waals surface area contributed by atoms with Gasteiger partial charge in [0.15, 0.2) is 0 Å². The summed E-state index contributed by atoms with van der Waals surface area (Å²) in [5.41, 5.74) is 1.03. The molecular weight excluding hydrogens is 274 g/mol. The monoisotopic (exact) mass is 291 g/mol. The number of H-pyrrole nitrogens is 1. The quantitative estimate of drug-likeness (QED) is 0.817. The van der Waals surface area contributed by atoms with E-state index in [1.54, 1.807) is 25.2 Å². The summed E-state index contributed by atoms with van der Waals surface area (Å²) in [6, 6.07) is 7.15. The summed E-state index contributed by atoms with van der Waals surface area (Å²) in [5, 5.41) is 8.57. The fourth-order valence-electron chi connectivity index (χ4n) is 2.11. The van der Waals surface area contributed by atoms with Crippen LogP contribution < -0.4 is 5.69 Å². The molecule has 0 unspecified atom stereocenters. The molecule has 2 N–H and O–H groups in total. The number of nitrogens with one attached hydrogen (secondary N) is 1. The number of aromatic amines is 1. The van der Waals surface area contributed by atoms with Gasteiger partial charge < -0.3 is 15.0 Å². The molecule has 0 radical (unpaired) electrons. The number of benzene rings is 1. The van der Waals surface area contributed by atoms with Crippen molar-refractivity contribution in [1.82, 2.24) is 14.5 Å². The number of imidazole rings is 1. The summed E-state index contributed by atoms with van der Waals surface area (Å²) < 4.78 is 1.38. The molecule has 0 fully saturated rings. The fourth-order valence-corrected chi connectivity index (χ4v) is 2.11. The third-order valence-corrected chi connectivity index (χ3v) is 3.28. The molecule has 1 aromatic heterocycles. The zero-order valence-corrected chi connectivity index (χ0v) is 11.7. The largest absolute Gasteiger partial charge is 0.481 e. The number of aromatic nitrogens is 2. The van der Waals surface area contributed by atoms with Gasteiger partial charge in [-0.05, 0) is 18.6 Å². The highest BCUT2D eigenvalue weighted by Gasteiger charge is 2.14. The molecule has 7 heteroatoms. The summed E-state index contributed by atoms with van der Waals surface area (Å²) in [7, 11) is 1.60. The Morgan fingerprint density at radius 2 is 2.05 bits per heavy atom. The molecule has 1 amide bonds. The zero-order valence-electron chi connectivity index (χ0n) is 11.7. The van der Waals surface area contributed by atoms with Gasteiger partial charge in [0.2, 0.25) is 5.91 Å². The number of carboxylic acids is 1. The normalized spacial score (nSPS) is 10.7. The number of para-hydroxylation sites is 2. The summed E-state index contributed by atoms with van der Waals surface area (Å²) in [4.78, 5) is 38.5. The van der Waals surface area contributed by atoms with E-state index in [1.807, 2.05) is 6.07 Å². The number of likely N-dealkylation sites (N-methyl/N-ethyl adjacent to an activating group) is 1. The minimum absolute atomic E-state index is 0.0185. The van der Waals surface area contributed by atoms with Crippen LogP contribution in [0.5, 0.6) is 0 Å². The van der Waals surface area contributed by atoms with Gasteiger partial charge in [-0.3, -0.25) is 14.2 Å². The number of fused-ring (bicyclic) bond motifs is 1. The van der Waals surface area contributed by atoms with E-state index in [0.717, 1.165) is 0 Å². The third-order valence-electron chi connectivity index (χ3n) is 3.28. The molecule has 0 aliphatic carbocycles. The molecule has 0 spiro atoms. The van der Waals surface area contributed by atoms with Crippen LogP contribution in [0.4, 0.5) is 0 Å². The molecule has 0 aliphatic heterocycles. The number of aliphatic carboxylic acids is 1. The van der Waals surface area contributed by atoms with Crippen LogP contribution in [-0.2, 0) is 16.1 Å². The number of carbonyl (C=O) groups excluding carboxylic acids is 1. The van der Waals surface area contributed by atoms with Crippen LogP contribution in [0.25, 0.3) is 11.0 Å². The van der Waals surface area contributed by atoms with Crippen molar-refractivity contribution in [3.63, 3.8) is 0 Å². The number of nitrogens with zero attached hydrogens (tertiary/aromatic N) is 2. The van der Waals surface area contributed by atoms with Crippen LogP contribution >= 0.6 is 0 Å². The van der Waals surface area contributed by atoms with Crippen LogP contribution in [0.3, 0.4) is 0 Å². The molecule has 0 atom stereocenters. The van der Waals surface area contributed by atoms with Crippen LogP contribution in [0.15, 0.2) is 29.1 Å². The van der Waals surface area contributed by atoms with Crippen molar-refractivity contribution in [3.05, 3.63) is 34.7 Å². The Morgan fingerprint density at radius 3 is 2.76 bits per heavy atom. The van der Waals surface area contributed by atoms with Gasteiger partial charge in [0.25, 0.3) is 0 Å². The third kappa shape index (κ3) is 3.50. The standard InChI is InChI=1S/C14H17N3O4/c1-16(8-4-7-13(19)20)12(18)9-17-11-6-3-2-5-10(11)15-14(17)21/h2-3,5-6H,4,7-9H2,1H3,(H,15,21)(H,19,20). The summed E-state index contributed by atoms with van der Waals surface area (Å²) in [5.74, 6) is -1.11. The highest BCUT2D eigenvalue weighted by Crippen LogP contribution is 2.09. The number of carboxylic acid groups (broad SMARTS) is 1. The van der Waals surface area contributed by atoms with E-state index in [1.165, 1.54) is 9.47 Å². The van der Waals surface area contributed by atoms with E-state index in [2.05, 4.69) is 4.98 Å². The lowest BCUT2D eigenvalue weighted by atomic mass is 10.3. The summed E-state index contributed by atoms with van der Waals surface area (Å²) in [6.07, 6.45) is 0.408. The van der Waals surface area contributed by atoms with E-state index in [4.69, 9.17) is 5.11 Å². The average molecular weight is 291 g/mol. The second kappa shape index (κ2) is 6.25. The Bertz CT molecular complexity index is 716. The first-order valence-electron chi connectivity index (χ1n) is 6.62. The van der Waals surface area contributed by atoms with Gasteiger partial charge >= 0.3 is 11.7 Å². The maximum atomic E-state index is 12.1. The Kier molecular flexibility index (Phi) is 4.42. The maximum Gasteiger partial charge on any atom is 0.326 e. The molecule has 1 aromatic carbocycles. The smallest absolute Gasteiger partial charge is 0.326 e. The first-order chi connectivity index (χ1) is 9.99.